The topological polar surface area (TPSA) is 93.5 Å². The minimum atomic E-state index is -0.287. The lowest BCUT2D eigenvalue weighted by atomic mass is 10.0. The van der Waals surface area contributed by atoms with Gasteiger partial charge in [0.15, 0.2) is 0 Å². The van der Waals surface area contributed by atoms with Crippen LogP contribution < -0.4 is 24.4 Å². The molecule has 0 atom stereocenters. The summed E-state index contributed by atoms with van der Waals surface area (Å²) in [6.45, 7) is 8.50. The van der Waals surface area contributed by atoms with Crippen LogP contribution in [0, 0.1) is 5.92 Å². The Morgan fingerprint density at radius 3 is 2.29 bits per heavy atom. The molecule has 1 aliphatic heterocycles. The smallest absolute Gasteiger partial charge is 0.247 e. The summed E-state index contributed by atoms with van der Waals surface area (Å²) in [5.74, 6) is 2.08. The molecule has 3 aromatic heterocycles. The van der Waals surface area contributed by atoms with Crippen molar-refractivity contribution in [3.63, 3.8) is 0 Å². The summed E-state index contributed by atoms with van der Waals surface area (Å²) < 4.78 is 19.0. The number of aromatic nitrogens is 3. The second kappa shape index (κ2) is 13.2. The number of piperazine rings is 1. The molecule has 2 aliphatic rings. The average molecular weight is 688 g/mol. The molecule has 2 fully saturated rings. The Morgan fingerprint density at radius 2 is 1.65 bits per heavy atom. The van der Waals surface area contributed by atoms with Crippen molar-refractivity contribution in [2.75, 3.05) is 64.3 Å². The molecule has 248 valence electrons. The molecule has 12 heteroatoms. The summed E-state index contributed by atoms with van der Waals surface area (Å²) in [5, 5.41) is 4.56. The number of benzene rings is 2. The summed E-state index contributed by atoms with van der Waals surface area (Å²) in [6, 6.07) is 9.52. The zero-order chi connectivity index (χ0) is 33.5. The van der Waals surface area contributed by atoms with E-state index in [1.54, 1.807) is 39.8 Å². The summed E-state index contributed by atoms with van der Waals surface area (Å²) >= 11 is 13.6. The van der Waals surface area contributed by atoms with Crippen LogP contribution in [0.5, 0.6) is 17.2 Å². The van der Waals surface area contributed by atoms with E-state index in [1.807, 2.05) is 34.9 Å². The highest BCUT2D eigenvalue weighted by molar-refractivity contribution is 6.41. The highest BCUT2D eigenvalue weighted by atomic mass is 35.5. The van der Waals surface area contributed by atoms with E-state index in [0.717, 1.165) is 54.3 Å². The van der Waals surface area contributed by atoms with E-state index in [2.05, 4.69) is 26.7 Å². The van der Waals surface area contributed by atoms with Gasteiger partial charge in [0.1, 0.15) is 22.9 Å². The Morgan fingerprint density at radius 1 is 0.938 bits per heavy atom. The van der Waals surface area contributed by atoms with Crippen LogP contribution >= 0.6 is 23.2 Å². The van der Waals surface area contributed by atoms with Crippen molar-refractivity contribution in [3.05, 3.63) is 71.6 Å². The van der Waals surface area contributed by atoms with Crippen molar-refractivity contribution >= 4 is 57.0 Å². The number of nitrogens with zero attached hydrogens (tertiary/aromatic N) is 5. The number of fused-ring (bicyclic) bond motifs is 3. The van der Waals surface area contributed by atoms with Gasteiger partial charge in [-0.3, -0.25) is 19.1 Å². The normalized spacial score (nSPS) is 15.1. The number of nitrogens with one attached hydrogen (secondary N) is 1. The highest BCUT2D eigenvalue weighted by Gasteiger charge is 2.28. The number of carbonyl (C=O) groups excluding carboxylic acids is 1. The van der Waals surface area contributed by atoms with Crippen molar-refractivity contribution in [2.24, 2.45) is 5.92 Å². The molecule has 0 bridgehead atoms. The zero-order valence-corrected chi connectivity index (χ0v) is 28.6. The summed E-state index contributed by atoms with van der Waals surface area (Å²) in [7, 11) is 4.73. The number of hydrogen-bond donors (Lipinski definition) is 1. The third-order valence-corrected chi connectivity index (χ3v) is 9.91. The SMILES string of the molecule is C=CC(=O)Nc1cc(-c2cc3c(cn2)cc(-c2c(Cl)c(OC)cc(OC)c2Cl)c2nccn23)c(OC)cc1N1CCN(CC2CC2)CC1. The molecular formula is C36H36Cl2N6O4. The molecule has 48 heavy (non-hydrogen) atoms. The van der Waals surface area contributed by atoms with E-state index in [-0.39, 0.29) is 5.91 Å². The van der Waals surface area contributed by atoms with E-state index in [1.165, 1.54) is 25.5 Å². The molecular weight excluding hydrogens is 651 g/mol. The molecule has 0 unspecified atom stereocenters. The van der Waals surface area contributed by atoms with Gasteiger partial charge in [-0.2, -0.15) is 0 Å². The van der Waals surface area contributed by atoms with Gasteiger partial charge in [0.2, 0.25) is 5.91 Å². The van der Waals surface area contributed by atoms with Gasteiger partial charge in [0, 0.05) is 85.5 Å². The van der Waals surface area contributed by atoms with Crippen LogP contribution in [0.1, 0.15) is 12.8 Å². The maximum Gasteiger partial charge on any atom is 0.247 e. The van der Waals surface area contributed by atoms with Crippen molar-refractivity contribution in [2.45, 2.75) is 12.8 Å². The first-order chi connectivity index (χ1) is 23.3. The maximum atomic E-state index is 12.6. The number of amides is 1. The fraction of sp³-hybridized carbons (Fsp3) is 0.306. The summed E-state index contributed by atoms with van der Waals surface area (Å²) in [4.78, 5) is 27.0. The predicted octanol–water partition coefficient (Wildman–Crippen LogP) is 7.21. The molecule has 4 heterocycles. The molecule has 2 aromatic carbocycles. The van der Waals surface area contributed by atoms with Crippen molar-refractivity contribution in [3.8, 4) is 39.6 Å². The second-order valence-electron chi connectivity index (χ2n) is 12.1. The predicted molar refractivity (Wildman–Crippen MR) is 191 cm³/mol. The van der Waals surface area contributed by atoms with Gasteiger partial charge in [-0.1, -0.05) is 29.8 Å². The van der Waals surface area contributed by atoms with Crippen LogP contribution in [-0.2, 0) is 4.79 Å². The van der Waals surface area contributed by atoms with Crippen LogP contribution in [0.2, 0.25) is 10.0 Å². The monoisotopic (exact) mass is 686 g/mol. The van der Waals surface area contributed by atoms with Gasteiger partial charge in [-0.15, -0.1) is 0 Å². The molecule has 7 rings (SSSR count). The quantitative estimate of drug-likeness (QED) is 0.154. The third-order valence-electron chi connectivity index (χ3n) is 9.16. The zero-order valence-electron chi connectivity index (χ0n) is 27.1. The molecule has 0 radical (unpaired) electrons. The lowest BCUT2D eigenvalue weighted by molar-refractivity contribution is -0.111. The largest absolute Gasteiger partial charge is 0.496 e. The van der Waals surface area contributed by atoms with Crippen molar-refractivity contribution in [1.82, 2.24) is 19.3 Å². The first-order valence-electron chi connectivity index (χ1n) is 15.8. The Hall–Kier alpha value is -4.51. The number of carbonyl (C=O) groups is 1. The Bertz CT molecular complexity index is 2020. The van der Waals surface area contributed by atoms with Crippen LogP contribution in [0.25, 0.3) is 38.9 Å². The number of anilines is 2. The molecule has 0 spiro atoms. The number of ether oxygens (including phenoxy) is 3. The Labute approximate surface area is 288 Å². The number of rotatable bonds is 10. The van der Waals surface area contributed by atoms with E-state index in [4.69, 9.17) is 42.4 Å². The van der Waals surface area contributed by atoms with Gasteiger partial charge in [-0.25, -0.2) is 4.98 Å². The van der Waals surface area contributed by atoms with Gasteiger partial charge in [0.25, 0.3) is 0 Å². The molecule has 1 saturated heterocycles. The third kappa shape index (κ3) is 5.89. The molecule has 1 aliphatic carbocycles. The molecule has 1 saturated carbocycles. The van der Waals surface area contributed by atoms with E-state index in [0.29, 0.717) is 55.4 Å². The average Bonchev–Trinajstić information content (AvgIpc) is 3.78. The number of imidazole rings is 1. The number of methoxy groups -OCH3 is 3. The minimum Gasteiger partial charge on any atom is -0.496 e. The maximum absolute atomic E-state index is 12.6. The first-order valence-corrected chi connectivity index (χ1v) is 16.6. The standard InChI is InChI=1S/C36H36Cl2N6O4/c1-5-32(45)41-26-15-23(29(46-2)17-28(26)43-12-10-42(11-13-43)20-21-6-7-21)25-16-27-22(19-40-25)14-24(36-39-8-9-44(27)36)33-34(37)30(47-3)18-31(48-4)35(33)38/h5,8-9,14-19,21H,1,6-7,10-13,20H2,2-4H3,(H,41,45). The van der Waals surface area contributed by atoms with Crippen molar-refractivity contribution in [1.29, 1.82) is 0 Å². The van der Waals surface area contributed by atoms with E-state index < -0.39 is 0 Å². The highest BCUT2D eigenvalue weighted by Crippen LogP contribution is 2.48. The van der Waals surface area contributed by atoms with E-state index in [9.17, 15) is 4.79 Å². The minimum absolute atomic E-state index is 0.287. The van der Waals surface area contributed by atoms with Gasteiger partial charge < -0.3 is 24.4 Å². The molecule has 10 nitrogen and oxygen atoms in total. The summed E-state index contributed by atoms with van der Waals surface area (Å²) in [5.41, 5.74) is 5.71. The lowest BCUT2D eigenvalue weighted by Crippen LogP contribution is -2.47. The van der Waals surface area contributed by atoms with Gasteiger partial charge in [-0.05, 0) is 43.0 Å². The second-order valence-corrected chi connectivity index (χ2v) is 12.8. The number of halogens is 2. The molecule has 1 N–H and O–H groups in total. The van der Waals surface area contributed by atoms with Crippen LogP contribution in [-0.4, -0.2) is 79.2 Å². The first kappa shape index (κ1) is 32.1. The van der Waals surface area contributed by atoms with Crippen LogP contribution in [0.15, 0.2) is 61.6 Å². The lowest BCUT2D eigenvalue weighted by Gasteiger charge is -2.37. The van der Waals surface area contributed by atoms with Gasteiger partial charge in [0.05, 0.1) is 54.0 Å². The van der Waals surface area contributed by atoms with Gasteiger partial charge >= 0.3 is 0 Å². The fourth-order valence-electron chi connectivity index (χ4n) is 6.47. The Balaban J connectivity index is 1.32. The summed E-state index contributed by atoms with van der Waals surface area (Å²) in [6.07, 6.45) is 9.35. The number of pyridine rings is 2. The number of hydrogen-bond acceptors (Lipinski definition) is 8. The van der Waals surface area contributed by atoms with Crippen LogP contribution in [0.4, 0.5) is 11.4 Å². The molecule has 5 aromatic rings. The fourth-order valence-corrected chi connectivity index (χ4v) is 7.17. The van der Waals surface area contributed by atoms with Crippen LogP contribution in [0.3, 0.4) is 0 Å². The van der Waals surface area contributed by atoms with Crippen molar-refractivity contribution < 1.29 is 19.0 Å². The molecule has 1 amide bonds. The Kier molecular flexibility index (Phi) is 8.80. The van der Waals surface area contributed by atoms with E-state index >= 15 is 0 Å².